The van der Waals surface area contributed by atoms with Gasteiger partial charge in [0.05, 0.1) is 47.6 Å². The van der Waals surface area contributed by atoms with E-state index in [1.807, 2.05) is 58.0 Å². The molecule has 16 heteroatoms. The first kappa shape index (κ1) is 55.4. The van der Waals surface area contributed by atoms with Gasteiger partial charge < -0.3 is 52.5 Å². The molecule has 2 heterocycles. The summed E-state index contributed by atoms with van der Waals surface area (Å²) < 4.78 is 64.1. The minimum absolute atomic E-state index is 0.0725. The maximum absolute atomic E-state index is 14.6. The molecule has 0 unspecified atom stereocenters. The van der Waals surface area contributed by atoms with Gasteiger partial charge in [0, 0.05) is 0 Å². The summed E-state index contributed by atoms with van der Waals surface area (Å²) in [5.74, 6) is -4.37. The normalized spacial score (nSPS) is 22.9. The molecule has 2 aliphatic rings. The van der Waals surface area contributed by atoms with Crippen molar-refractivity contribution >= 4 is 29.8 Å². The van der Waals surface area contributed by atoms with Crippen LogP contribution in [0.1, 0.15) is 79.6 Å². The van der Waals surface area contributed by atoms with Crippen LogP contribution in [0.5, 0.6) is 0 Å². The second kappa shape index (κ2) is 26.3. The van der Waals surface area contributed by atoms with E-state index in [4.69, 9.17) is 47.4 Å². The van der Waals surface area contributed by atoms with Crippen LogP contribution < -0.4 is 0 Å². The maximum Gasteiger partial charge on any atom is 0.338 e. The first-order valence-electron chi connectivity index (χ1n) is 25.1. The van der Waals surface area contributed by atoms with Crippen LogP contribution in [0.4, 0.5) is 0 Å². The molecule has 1 N–H and O–H groups in total. The van der Waals surface area contributed by atoms with Crippen LogP contribution in [0.25, 0.3) is 0 Å². The average Bonchev–Trinajstić information content (AvgIpc) is 3.45. The zero-order chi connectivity index (χ0) is 54.4. The van der Waals surface area contributed by atoms with Crippen LogP contribution in [-0.2, 0) is 54.0 Å². The van der Waals surface area contributed by atoms with Gasteiger partial charge in [0.2, 0.25) is 0 Å². The number of hydrogen-bond acceptors (Lipinski definition) is 16. The second-order valence-corrected chi connectivity index (χ2v) is 18.7. The summed E-state index contributed by atoms with van der Waals surface area (Å²) >= 11 is 0. The highest BCUT2D eigenvalue weighted by Crippen LogP contribution is 2.37. The fourth-order valence-corrected chi connectivity index (χ4v) is 8.59. The molecule has 8 rings (SSSR count). The van der Waals surface area contributed by atoms with Crippen LogP contribution in [-0.4, -0.2) is 116 Å². The number of ether oxygens (including phenoxy) is 10. The molecule has 2 fully saturated rings. The number of rotatable bonds is 20. The lowest BCUT2D eigenvalue weighted by Crippen LogP contribution is -2.67. The quantitative estimate of drug-likeness (QED) is 0.0433. The Kier molecular flexibility index (Phi) is 18.9. The zero-order valence-corrected chi connectivity index (χ0v) is 43.0. The minimum atomic E-state index is -1.90. The summed E-state index contributed by atoms with van der Waals surface area (Å²) in [7, 11) is 0. The molecule has 0 bridgehead atoms. The molecule has 10 atom stereocenters. The Labute approximate surface area is 446 Å². The fourth-order valence-electron chi connectivity index (χ4n) is 8.59. The largest absolute Gasteiger partial charge is 0.459 e. The van der Waals surface area contributed by atoms with Gasteiger partial charge in [0.15, 0.2) is 37.0 Å². The Bertz CT molecular complexity index is 2930. The number of benzene rings is 6. The molecule has 0 amide bonds. The van der Waals surface area contributed by atoms with Gasteiger partial charge in [-0.2, -0.15) is 0 Å². The number of carbonyl (C=O) groups is 5. The molecule has 2 aliphatic heterocycles. The van der Waals surface area contributed by atoms with E-state index in [1.54, 1.807) is 103 Å². The highest BCUT2D eigenvalue weighted by Gasteiger charge is 2.58. The minimum Gasteiger partial charge on any atom is -0.459 e. The van der Waals surface area contributed by atoms with E-state index >= 15 is 0 Å². The van der Waals surface area contributed by atoms with Crippen molar-refractivity contribution in [1.82, 2.24) is 0 Å². The highest BCUT2D eigenvalue weighted by atomic mass is 16.8. The third-order valence-electron chi connectivity index (χ3n) is 12.8. The van der Waals surface area contributed by atoms with Gasteiger partial charge >= 0.3 is 29.8 Å². The predicted octanol–water partition coefficient (Wildman–Crippen LogP) is 8.59. The van der Waals surface area contributed by atoms with Crippen molar-refractivity contribution in [2.45, 2.75) is 95.7 Å². The van der Waals surface area contributed by atoms with Gasteiger partial charge in [-0.3, -0.25) is 0 Å². The predicted molar refractivity (Wildman–Crippen MR) is 279 cm³/mol. The molecule has 0 spiro atoms. The summed E-state index contributed by atoms with van der Waals surface area (Å²) in [6.45, 7) is 9.62. The van der Waals surface area contributed by atoms with E-state index < -0.39 is 104 Å². The van der Waals surface area contributed by atoms with Gasteiger partial charge in [0.1, 0.15) is 31.0 Å². The Hall–Kier alpha value is -7.83. The van der Waals surface area contributed by atoms with Gasteiger partial charge in [-0.1, -0.05) is 125 Å². The Morgan fingerprint density at radius 1 is 0.455 bits per heavy atom. The van der Waals surface area contributed by atoms with E-state index in [9.17, 15) is 29.1 Å². The number of esters is 5. The lowest BCUT2D eigenvalue weighted by molar-refractivity contribution is -0.361. The average molecular weight is 1050 g/mol. The van der Waals surface area contributed by atoms with Crippen LogP contribution in [0.15, 0.2) is 170 Å². The molecule has 16 nitrogen and oxygen atoms in total. The Balaban J connectivity index is 1.29. The number of aryl methyl sites for hydroxylation is 4. The smallest absolute Gasteiger partial charge is 0.338 e. The van der Waals surface area contributed by atoms with E-state index in [0.29, 0.717) is 5.56 Å². The monoisotopic (exact) mass is 1050 g/mol. The van der Waals surface area contributed by atoms with Gasteiger partial charge in [-0.25, -0.2) is 24.0 Å². The van der Waals surface area contributed by atoms with E-state index in [0.717, 1.165) is 22.3 Å². The highest BCUT2D eigenvalue weighted by molar-refractivity contribution is 5.92. The Morgan fingerprint density at radius 2 is 0.857 bits per heavy atom. The third kappa shape index (κ3) is 14.4. The van der Waals surface area contributed by atoms with Crippen molar-refractivity contribution in [3.8, 4) is 0 Å². The topological polar surface area (TPSA) is 198 Å². The molecule has 0 saturated carbocycles. The molecule has 77 heavy (non-hydrogen) atoms. The number of aliphatic hydroxyl groups excluding tert-OH is 1. The van der Waals surface area contributed by atoms with Crippen molar-refractivity contribution < 1.29 is 76.4 Å². The van der Waals surface area contributed by atoms with Crippen molar-refractivity contribution in [3.63, 3.8) is 0 Å². The number of carbonyl (C=O) groups excluding carboxylic acids is 5. The summed E-state index contributed by atoms with van der Waals surface area (Å²) in [5, 5.41) is 11.1. The SMILES string of the molecule is C=CCO[C@H]1O[C@H](CO)[C@@H](OCc2ccccc2)[C@H](O[C@@H]2O[C@H](COC(=O)c3ccc(C)cc3)[C@@H](OC(=O)c3ccc(C)cc3)[C@H](OC(=O)c3ccc(C)cc3)[C@H]2OC(=O)c2ccc(C)cc2)[C@H]1OC(=O)c1ccccc1. The van der Waals surface area contributed by atoms with E-state index in [1.165, 1.54) is 30.3 Å². The molecular weight excluding hydrogens is 989 g/mol. The third-order valence-corrected chi connectivity index (χ3v) is 12.8. The first-order valence-corrected chi connectivity index (χ1v) is 25.1. The van der Waals surface area contributed by atoms with Gasteiger partial charge in [-0.15, -0.1) is 6.58 Å². The fraction of sp³-hybridized carbons (Fsp3) is 0.295. The Morgan fingerprint density at radius 3 is 1.32 bits per heavy atom. The van der Waals surface area contributed by atoms with Crippen LogP contribution >= 0.6 is 0 Å². The molecule has 6 aromatic carbocycles. The van der Waals surface area contributed by atoms with Gasteiger partial charge in [0.25, 0.3) is 0 Å². The first-order chi connectivity index (χ1) is 37.3. The van der Waals surface area contributed by atoms with Crippen LogP contribution in [0.3, 0.4) is 0 Å². The summed E-state index contributed by atoms with van der Waals surface area (Å²) in [5.41, 5.74) is 4.71. The molecule has 0 aliphatic carbocycles. The van der Waals surface area contributed by atoms with Crippen LogP contribution in [0, 0.1) is 27.7 Å². The molecule has 0 radical (unpaired) electrons. The molecular formula is C61H60O16. The molecule has 400 valence electrons. The second-order valence-electron chi connectivity index (χ2n) is 18.7. The molecule has 2 saturated heterocycles. The van der Waals surface area contributed by atoms with Gasteiger partial charge in [-0.05, 0) is 93.9 Å². The molecule has 0 aromatic heterocycles. The van der Waals surface area contributed by atoms with E-state index in [2.05, 4.69) is 6.58 Å². The zero-order valence-electron chi connectivity index (χ0n) is 43.0. The van der Waals surface area contributed by atoms with Crippen molar-refractivity contribution in [2.75, 3.05) is 19.8 Å². The summed E-state index contributed by atoms with van der Waals surface area (Å²) in [6, 6.07) is 43.2. The summed E-state index contributed by atoms with van der Waals surface area (Å²) in [6.07, 6.45) is -14.6. The van der Waals surface area contributed by atoms with Crippen molar-refractivity contribution in [3.05, 3.63) is 226 Å². The standard InChI is InChI=1S/C61H60O16/c1-6-33-68-60-53(75-56(64)42-15-11-8-12-16-42)51(49(47(34-62)71-60)69-35-41-13-9-7-10-14-41)77-61-54(76-59(67)46-31-23-40(5)24-32-46)52(74-58(66)45-29-21-39(4)22-30-45)50(73-57(65)44-27-19-38(3)20-28-44)48(72-61)36-70-55(63)43-25-17-37(2)18-26-43/h6-32,47-54,60-62H,1,33-36H2,2-5H3/t47-,48-,49-,50-,51+,52+,53-,54-,60+,61+/m1/s1. The lowest BCUT2D eigenvalue weighted by atomic mass is 9.95. The maximum atomic E-state index is 14.6. The number of aliphatic hydroxyl groups is 1. The van der Waals surface area contributed by atoms with Crippen LogP contribution in [0.2, 0.25) is 0 Å². The molecule has 6 aromatic rings. The van der Waals surface area contributed by atoms with Crippen molar-refractivity contribution in [1.29, 1.82) is 0 Å². The van der Waals surface area contributed by atoms with E-state index in [-0.39, 0.29) is 41.0 Å². The number of hydrogen-bond donors (Lipinski definition) is 1. The van der Waals surface area contributed by atoms with Crippen molar-refractivity contribution in [2.24, 2.45) is 0 Å². The lowest BCUT2D eigenvalue weighted by Gasteiger charge is -2.49. The summed E-state index contributed by atoms with van der Waals surface area (Å²) in [4.78, 5) is 71.6.